The van der Waals surface area contributed by atoms with E-state index < -0.39 is 0 Å². The standard InChI is InChI=1S/C20H24N6O2/c1-21-20(24-14-18(27)25-16-4-2-10-22-13-16)23-12-15-6-8-17(9-7-15)26-11-3-5-19(26)28/h2,4,6-10,13H,3,5,11-12,14H2,1H3,(H,25,27)(H2,21,23,24). The average Bonchev–Trinajstić information content (AvgIpc) is 3.15. The number of nitrogens with one attached hydrogen (secondary N) is 3. The van der Waals surface area contributed by atoms with Gasteiger partial charge in [0.2, 0.25) is 11.8 Å². The number of pyridine rings is 1. The second-order valence-corrected chi connectivity index (χ2v) is 6.38. The van der Waals surface area contributed by atoms with Crippen molar-refractivity contribution in [3.63, 3.8) is 0 Å². The minimum absolute atomic E-state index is 0.0879. The van der Waals surface area contributed by atoms with Crippen LogP contribution in [0.15, 0.2) is 53.8 Å². The molecule has 1 aromatic heterocycles. The third-order valence-corrected chi connectivity index (χ3v) is 4.37. The highest BCUT2D eigenvalue weighted by molar-refractivity contribution is 5.95. The lowest BCUT2D eigenvalue weighted by atomic mass is 10.2. The fourth-order valence-electron chi connectivity index (χ4n) is 2.93. The van der Waals surface area contributed by atoms with Crippen LogP contribution in [-0.2, 0) is 16.1 Å². The SMILES string of the molecule is CN=C(NCC(=O)Nc1cccnc1)NCc1ccc(N2CCCC2=O)cc1. The van der Waals surface area contributed by atoms with Gasteiger partial charge < -0.3 is 20.9 Å². The summed E-state index contributed by atoms with van der Waals surface area (Å²) in [6, 6.07) is 11.4. The highest BCUT2D eigenvalue weighted by Crippen LogP contribution is 2.21. The van der Waals surface area contributed by atoms with Crippen molar-refractivity contribution < 1.29 is 9.59 Å². The lowest BCUT2D eigenvalue weighted by Gasteiger charge is -2.16. The molecule has 8 heteroatoms. The number of guanidine groups is 1. The molecule has 0 bridgehead atoms. The molecule has 0 atom stereocenters. The number of anilines is 2. The minimum Gasteiger partial charge on any atom is -0.352 e. The highest BCUT2D eigenvalue weighted by atomic mass is 16.2. The molecule has 2 heterocycles. The molecule has 0 aliphatic carbocycles. The maximum Gasteiger partial charge on any atom is 0.243 e. The van der Waals surface area contributed by atoms with E-state index in [0.717, 1.165) is 24.2 Å². The molecule has 3 rings (SSSR count). The molecule has 1 aliphatic rings. The smallest absolute Gasteiger partial charge is 0.243 e. The molecule has 1 aliphatic heterocycles. The molecule has 28 heavy (non-hydrogen) atoms. The van der Waals surface area contributed by atoms with Crippen molar-refractivity contribution in [2.24, 2.45) is 4.99 Å². The summed E-state index contributed by atoms with van der Waals surface area (Å²) in [6.45, 7) is 1.43. The Kier molecular flexibility index (Phi) is 6.56. The van der Waals surface area contributed by atoms with Crippen molar-refractivity contribution in [3.05, 3.63) is 54.4 Å². The molecule has 0 saturated carbocycles. The normalized spacial score (nSPS) is 14.1. The summed E-state index contributed by atoms with van der Waals surface area (Å²) < 4.78 is 0. The van der Waals surface area contributed by atoms with Gasteiger partial charge in [0.15, 0.2) is 5.96 Å². The zero-order chi connectivity index (χ0) is 19.8. The quantitative estimate of drug-likeness (QED) is 0.521. The Morgan fingerprint density at radius 3 is 2.68 bits per heavy atom. The van der Waals surface area contributed by atoms with Crippen molar-refractivity contribution in [1.82, 2.24) is 15.6 Å². The first kappa shape index (κ1) is 19.3. The Hall–Kier alpha value is -3.42. The minimum atomic E-state index is -0.185. The fourth-order valence-corrected chi connectivity index (χ4v) is 2.93. The van der Waals surface area contributed by atoms with Crippen molar-refractivity contribution in [3.8, 4) is 0 Å². The van der Waals surface area contributed by atoms with Gasteiger partial charge in [-0.1, -0.05) is 12.1 Å². The van der Waals surface area contributed by atoms with Crippen LogP contribution in [0.25, 0.3) is 0 Å². The van der Waals surface area contributed by atoms with Gasteiger partial charge in [0.25, 0.3) is 0 Å². The van der Waals surface area contributed by atoms with E-state index in [-0.39, 0.29) is 18.4 Å². The van der Waals surface area contributed by atoms with Gasteiger partial charge in [-0.2, -0.15) is 0 Å². The zero-order valence-corrected chi connectivity index (χ0v) is 15.8. The van der Waals surface area contributed by atoms with Gasteiger partial charge in [-0.05, 0) is 36.2 Å². The van der Waals surface area contributed by atoms with Gasteiger partial charge in [-0.15, -0.1) is 0 Å². The highest BCUT2D eigenvalue weighted by Gasteiger charge is 2.21. The first-order chi connectivity index (χ1) is 13.7. The predicted octanol–water partition coefficient (Wildman–Crippen LogP) is 1.51. The lowest BCUT2D eigenvalue weighted by molar-refractivity contribution is -0.117. The number of carbonyl (C=O) groups is 2. The molecule has 2 aromatic rings. The van der Waals surface area contributed by atoms with Crippen LogP contribution < -0.4 is 20.9 Å². The van der Waals surface area contributed by atoms with Gasteiger partial charge in [0.05, 0.1) is 18.4 Å². The fraction of sp³-hybridized carbons (Fsp3) is 0.300. The molecule has 0 spiro atoms. The second-order valence-electron chi connectivity index (χ2n) is 6.38. The largest absolute Gasteiger partial charge is 0.352 e. The third kappa shape index (κ3) is 5.29. The van der Waals surface area contributed by atoms with Crippen LogP contribution in [0.1, 0.15) is 18.4 Å². The molecular weight excluding hydrogens is 356 g/mol. The van der Waals surface area contributed by atoms with Crippen LogP contribution in [0, 0.1) is 0 Å². The van der Waals surface area contributed by atoms with Gasteiger partial charge in [-0.3, -0.25) is 19.6 Å². The number of nitrogens with zero attached hydrogens (tertiary/aromatic N) is 3. The maximum absolute atomic E-state index is 12.0. The molecule has 1 saturated heterocycles. The first-order valence-corrected chi connectivity index (χ1v) is 9.19. The van der Waals surface area contributed by atoms with Crippen molar-refractivity contribution >= 4 is 29.1 Å². The van der Waals surface area contributed by atoms with Crippen LogP contribution >= 0.6 is 0 Å². The Morgan fingerprint density at radius 2 is 2.04 bits per heavy atom. The van der Waals surface area contributed by atoms with Gasteiger partial charge in [0, 0.05) is 38.4 Å². The predicted molar refractivity (Wildman–Crippen MR) is 109 cm³/mol. The third-order valence-electron chi connectivity index (χ3n) is 4.37. The van der Waals surface area contributed by atoms with Gasteiger partial charge in [-0.25, -0.2) is 0 Å². The molecule has 1 fully saturated rings. The number of benzene rings is 1. The van der Waals surface area contributed by atoms with E-state index in [1.807, 2.05) is 29.2 Å². The molecule has 0 radical (unpaired) electrons. The summed E-state index contributed by atoms with van der Waals surface area (Å²) >= 11 is 0. The van der Waals surface area contributed by atoms with Gasteiger partial charge >= 0.3 is 0 Å². The summed E-state index contributed by atoms with van der Waals surface area (Å²) in [5, 5.41) is 8.90. The molecule has 146 valence electrons. The van der Waals surface area contributed by atoms with E-state index in [2.05, 4.69) is 25.9 Å². The molecular formula is C20H24N6O2. The van der Waals surface area contributed by atoms with E-state index in [1.54, 1.807) is 31.6 Å². The Labute approximate surface area is 164 Å². The summed E-state index contributed by atoms with van der Waals surface area (Å²) in [6.07, 6.45) is 4.78. The Balaban J connectivity index is 1.45. The summed E-state index contributed by atoms with van der Waals surface area (Å²) in [5.41, 5.74) is 2.63. The maximum atomic E-state index is 12.0. The number of amides is 2. The van der Waals surface area contributed by atoms with Crippen LogP contribution in [0.4, 0.5) is 11.4 Å². The summed E-state index contributed by atoms with van der Waals surface area (Å²) in [7, 11) is 1.65. The number of carbonyl (C=O) groups excluding carboxylic acids is 2. The van der Waals surface area contributed by atoms with E-state index in [1.165, 1.54) is 0 Å². The molecule has 2 amide bonds. The van der Waals surface area contributed by atoms with E-state index >= 15 is 0 Å². The number of rotatable bonds is 6. The zero-order valence-electron chi connectivity index (χ0n) is 15.8. The summed E-state index contributed by atoms with van der Waals surface area (Å²) in [4.78, 5) is 33.7. The molecule has 0 unspecified atom stereocenters. The van der Waals surface area contributed by atoms with Crippen molar-refractivity contribution in [2.75, 3.05) is 30.4 Å². The van der Waals surface area contributed by atoms with E-state index in [9.17, 15) is 9.59 Å². The van der Waals surface area contributed by atoms with Crippen LogP contribution in [-0.4, -0.2) is 42.9 Å². The van der Waals surface area contributed by atoms with E-state index in [4.69, 9.17) is 0 Å². The average molecular weight is 380 g/mol. The van der Waals surface area contributed by atoms with Crippen molar-refractivity contribution in [2.45, 2.75) is 19.4 Å². The number of hydrogen-bond acceptors (Lipinski definition) is 4. The van der Waals surface area contributed by atoms with Crippen LogP contribution in [0.5, 0.6) is 0 Å². The molecule has 8 nitrogen and oxygen atoms in total. The molecule has 1 aromatic carbocycles. The summed E-state index contributed by atoms with van der Waals surface area (Å²) in [5.74, 6) is 0.524. The van der Waals surface area contributed by atoms with Crippen LogP contribution in [0.2, 0.25) is 0 Å². The molecule has 3 N–H and O–H groups in total. The Morgan fingerprint density at radius 1 is 1.21 bits per heavy atom. The first-order valence-electron chi connectivity index (χ1n) is 9.19. The topological polar surface area (TPSA) is 98.7 Å². The van der Waals surface area contributed by atoms with Crippen molar-refractivity contribution in [1.29, 1.82) is 0 Å². The number of aromatic nitrogens is 1. The second kappa shape index (κ2) is 9.50. The van der Waals surface area contributed by atoms with E-state index in [0.29, 0.717) is 24.6 Å². The van der Waals surface area contributed by atoms with Crippen LogP contribution in [0.3, 0.4) is 0 Å². The van der Waals surface area contributed by atoms with Gasteiger partial charge in [0.1, 0.15) is 0 Å². The lowest BCUT2D eigenvalue weighted by Crippen LogP contribution is -2.41. The monoisotopic (exact) mass is 380 g/mol. The Bertz CT molecular complexity index is 836. The number of hydrogen-bond donors (Lipinski definition) is 3. The number of aliphatic imine (C=N–C) groups is 1.